The molecule has 4 rings (SSSR count). The first-order valence-electron chi connectivity index (χ1n) is 11.5. The topological polar surface area (TPSA) is 15.7 Å². The normalized spacial score (nSPS) is 21.3. The number of piperidine rings is 1. The minimum absolute atomic E-state index is 0.188. The Morgan fingerprint density at radius 3 is 2.37 bits per heavy atom. The molecule has 2 aromatic rings. The fraction of sp³-hybridized carbons (Fsp3) is 0.538. The Balaban J connectivity index is 1.12. The average Bonchev–Trinajstić information content (AvgIpc) is 3.19. The zero-order valence-electron chi connectivity index (χ0n) is 18.2. The third-order valence-corrected chi connectivity index (χ3v) is 6.78. The average molecular weight is 411 g/mol. The molecule has 0 aliphatic carbocycles. The molecule has 0 aromatic heterocycles. The molecular weight excluding hydrogens is 375 g/mol. The van der Waals surface area contributed by atoms with Crippen molar-refractivity contribution in [3.63, 3.8) is 0 Å². The van der Waals surface area contributed by atoms with Gasteiger partial charge in [0.2, 0.25) is 0 Å². The van der Waals surface area contributed by atoms with Crippen LogP contribution in [-0.4, -0.2) is 49.1 Å². The Hall–Kier alpha value is -1.75. The minimum atomic E-state index is -0.188. The van der Waals surface area contributed by atoms with E-state index in [4.69, 9.17) is 4.74 Å². The molecule has 2 heterocycles. The van der Waals surface area contributed by atoms with Crippen molar-refractivity contribution >= 4 is 0 Å². The van der Waals surface area contributed by atoms with Gasteiger partial charge >= 0.3 is 0 Å². The number of halogens is 1. The molecule has 1 atom stereocenters. The van der Waals surface area contributed by atoms with Gasteiger partial charge in [-0.05, 0) is 86.5 Å². The van der Waals surface area contributed by atoms with E-state index in [9.17, 15) is 4.39 Å². The van der Waals surface area contributed by atoms with Crippen molar-refractivity contribution in [3.8, 4) is 0 Å². The Kier molecular flexibility index (Phi) is 7.53. The summed E-state index contributed by atoms with van der Waals surface area (Å²) in [6, 6.07) is 15.4. The molecule has 162 valence electrons. The summed E-state index contributed by atoms with van der Waals surface area (Å²) in [5.41, 5.74) is 3.93. The summed E-state index contributed by atoms with van der Waals surface area (Å²) in [5, 5.41) is 0. The van der Waals surface area contributed by atoms with Crippen LogP contribution in [0.2, 0.25) is 0 Å². The fourth-order valence-electron chi connectivity index (χ4n) is 4.86. The first-order chi connectivity index (χ1) is 14.7. The molecule has 2 aliphatic rings. The van der Waals surface area contributed by atoms with Gasteiger partial charge in [-0.15, -0.1) is 0 Å². The zero-order valence-corrected chi connectivity index (χ0v) is 18.2. The van der Waals surface area contributed by atoms with Crippen LogP contribution in [0.5, 0.6) is 0 Å². The second-order valence-corrected chi connectivity index (χ2v) is 9.20. The van der Waals surface area contributed by atoms with Gasteiger partial charge in [0.05, 0.1) is 6.61 Å². The van der Waals surface area contributed by atoms with E-state index in [-0.39, 0.29) is 5.82 Å². The van der Waals surface area contributed by atoms with Crippen LogP contribution in [0.1, 0.15) is 36.0 Å². The van der Waals surface area contributed by atoms with E-state index in [1.807, 2.05) is 12.1 Å². The molecule has 0 saturated carbocycles. The van der Waals surface area contributed by atoms with Gasteiger partial charge in [0, 0.05) is 26.2 Å². The third kappa shape index (κ3) is 6.13. The molecule has 2 aliphatic heterocycles. The number of hydrogen-bond acceptors (Lipinski definition) is 3. The number of benzene rings is 2. The van der Waals surface area contributed by atoms with E-state index in [1.54, 1.807) is 0 Å². The van der Waals surface area contributed by atoms with E-state index < -0.39 is 0 Å². The van der Waals surface area contributed by atoms with E-state index in [0.29, 0.717) is 12.5 Å². The van der Waals surface area contributed by atoms with Gasteiger partial charge in [-0.3, -0.25) is 4.90 Å². The Labute approximate surface area is 180 Å². The van der Waals surface area contributed by atoms with Crippen LogP contribution >= 0.6 is 0 Å². The Morgan fingerprint density at radius 2 is 1.60 bits per heavy atom. The third-order valence-electron chi connectivity index (χ3n) is 6.78. The Bertz CT molecular complexity index is 786. The van der Waals surface area contributed by atoms with Gasteiger partial charge < -0.3 is 9.64 Å². The second kappa shape index (κ2) is 10.5. The van der Waals surface area contributed by atoms with E-state index >= 15 is 0 Å². The van der Waals surface area contributed by atoms with Crippen LogP contribution in [0.3, 0.4) is 0 Å². The molecule has 0 amide bonds. The van der Waals surface area contributed by atoms with Crippen molar-refractivity contribution < 1.29 is 9.13 Å². The lowest BCUT2D eigenvalue weighted by atomic mass is 9.96. The van der Waals surface area contributed by atoms with Crippen LogP contribution in [-0.2, 0) is 17.9 Å². The molecule has 4 heteroatoms. The molecule has 1 unspecified atom stereocenters. The van der Waals surface area contributed by atoms with Crippen LogP contribution in [0.25, 0.3) is 0 Å². The second-order valence-electron chi connectivity index (χ2n) is 9.20. The molecule has 30 heavy (non-hydrogen) atoms. The SMILES string of the molecule is Cc1ccccc1CN1CCC(CN2CCC(COCc3ccc(F)cc3)CC2)C1. The van der Waals surface area contributed by atoms with Gasteiger partial charge in [-0.1, -0.05) is 36.4 Å². The lowest BCUT2D eigenvalue weighted by molar-refractivity contribution is 0.0546. The van der Waals surface area contributed by atoms with Crippen LogP contribution in [0.4, 0.5) is 4.39 Å². The standard InChI is InChI=1S/C26H35FN2O/c1-21-4-2-3-5-25(21)18-29-15-12-24(17-29)16-28-13-10-23(11-14-28)20-30-19-22-6-8-26(27)9-7-22/h2-9,23-24H,10-20H2,1H3. The van der Waals surface area contributed by atoms with E-state index in [0.717, 1.165) is 24.6 Å². The predicted molar refractivity (Wildman–Crippen MR) is 120 cm³/mol. The maximum Gasteiger partial charge on any atom is 0.123 e. The molecule has 2 saturated heterocycles. The molecule has 0 N–H and O–H groups in total. The number of hydrogen-bond donors (Lipinski definition) is 0. The van der Waals surface area contributed by atoms with Crippen molar-refractivity contribution in [2.75, 3.05) is 39.3 Å². The monoisotopic (exact) mass is 410 g/mol. The molecule has 3 nitrogen and oxygen atoms in total. The molecular formula is C26H35FN2O. The number of likely N-dealkylation sites (tertiary alicyclic amines) is 2. The molecule has 0 radical (unpaired) electrons. The van der Waals surface area contributed by atoms with Crippen LogP contribution in [0.15, 0.2) is 48.5 Å². The van der Waals surface area contributed by atoms with Crippen molar-refractivity contribution in [1.82, 2.24) is 9.80 Å². The highest BCUT2D eigenvalue weighted by molar-refractivity contribution is 5.25. The summed E-state index contributed by atoms with van der Waals surface area (Å²) in [4.78, 5) is 5.29. The predicted octanol–water partition coefficient (Wildman–Crippen LogP) is 4.88. The summed E-state index contributed by atoms with van der Waals surface area (Å²) < 4.78 is 18.9. The van der Waals surface area contributed by atoms with Gasteiger partial charge in [-0.2, -0.15) is 0 Å². The molecule has 0 spiro atoms. The zero-order chi connectivity index (χ0) is 20.8. The van der Waals surface area contributed by atoms with E-state index in [2.05, 4.69) is 41.0 Å². The number of aryl methyl sites for hydroxylation is 1. The number of rotatable bonds is 8. The van der Waals surface area contributed by atoms with Crippen molar-refractivity contribution in [2.24, 2.45) is 11.8 Å². The van der Waals surface area contributed by atoms with Crippen molar-refractivity contribution in [2.45, 2.75) is 39.3 Å². The van der Waals surface area contributed by atoms with Crippen molar-refractivity contribution in [1.29, 1.82) is 0 Å². The highest BCUT2D eigenvalue weighted by Crippen LogP contribution is 2.24. The maximum atomic E-state index is 13.0. The van der Waals surface area contributed by atoms with Gasteiger partial charge in [0.25, 0.3) is 0 Å². The highest BCUT2D eigenvalue weighted by Gasteiger charge is 2.27. The fourth-order valence-corrected chi connectivity index (χ4v) is 4.86. The number of ether oxygens (including phenoxy) is 1. The Morgan fingerprint density at radius 1 is 0.900 bits per heavy atom. The van der Waals surface area contributed by atoms with Crippen LogP contribution < -0.4 is 0 Å². The molecule has 2 fully saturated rings. The van der Waals surface area contributed by atoms with Crippen molar-refractivity contribution in [3.05, 3.63) is 71.0 Å². The van der Waals surface area contributed by atoms with Gasteiger partial charge in [-0.25, -0.2) is 4.39 Å². The van der Waals surface area contributed by atoms with Gasteiger partial charge in [0.15, 0.2) is 0 Å². The lowest BCUT2D eigenvalue weighted by Crippen LogP contribution is -2.38. The summed E-state index contributed by atoms with van der Waals surface area (Å²) in [5.74, 6) is 1.27. The summed E-state index contributed by atoms with van der Waals surface area (Å²) in [6.45, 7) is 10.8. The summed E-state index contributed by atoms with van der Waals surface area (Å²) >= 11 is 0. The highest BCUT2D eigenvalue weighted by atomic mass is 19.1. The molecule has 0 bridgehead atoms. The lowest BCUT2D eigenvalue weighted by Gasteiger charge is -2.33. The van der Waals surface area contributed by atoms with E-state index in [1.165, 1.54) is 75.2 Å². The summed E-state index contributed by atoms with van der Waals surface area (Å²) in [7, 11) is 0. The minimum Gasteiger partial charge on any atom is -0.376 e. The smallest absolute Gasteiger partial charge is 0.123 e. The molecule has 2 aromatic carbocycles. The quantitative estimate of drug-likeness (QED) is 0.617. The largest absolute Gasteiger partial charge is 0.376 e. The summed E-state index contributed by atoms with van der Waals surface area (Å²) in [6.07, 6.45) is 3.78. The number of nitrogens with zero attached hydrogens (tertiary/aromatic N) is 2. The van der Waals surface area contributed by atoms with Crippen LogP contribution in [0, 0.1) is 24.6 Å². The van der Waals surface area contributed by atoms with Gasteiger partial charge in [0.1, 0.15) is 5.82 Å². The maximum absolute atomic E-state index is 13.0. The first-order valence-corrected chi connectivity index (χ1v) is 11.5. The first kappa shape index (κ1) is 21.5.